The molecule has 0 bridgehead atoms. The van der Waals surface area contributed by atoms with Crippen LogP contribution in [0.1, 0.15) is 64.9 Å². The van der Waals surface area contributed by atoms with E-state index in [9.17, 15) is 4.91 Å². The van der Waals surface area contributed by atoms with Crippen molar-refractivity contribution in [1.29, 1.82) is 0 Å². The largest absolute Gasteiger partial charge is 0.494 e. The highest BCUT2D eigenvalue weighted by Crippen LogP contribution is 2.58. The van der Waals surface area contributed by atoms with Gasteiger partial charge >= 0.3 is 7.12 Å². The molecule has 1 aromatic rings. The van der Waals surface area contributed by atoms with Crippen molar-refractivity contribution < 1.29 is 9.31 Å². The minimum absolute atomic E-state index is 0.255. The summed E-state index contributed by atoms with van der Waals surface area (Å²) in [5, 5.41) is 3.49. The summed E-state index contributed by atoms with van der Waals surface area (Å²) in [5.41, 5.74) is 1.47. The molecule has 1 aromatic carbocycles. The molecule has 4 nitrogen and oxygen atoms in total. The summed E-state index contributed by atoms with van der Waals surface area (Å²) >= 11 is 0. The normalized spacial score (nSPS) is 34.0. The molecule has 2 saturated carbocycles. The topological polar surface area (TPSA) is 47.9 Å². The minimum atomic E-state index is -0.316. The van der Waals surface area contributed by atoms with Crippen LogP contribution in [0, 0.1) is 10.8 Å². The molecule has 0 radical (unpaired) electrons. The number of hydrogen-bond acceptors (Lipinski definition) is 4. The number of hydrogen-bond donors (Lipinski definition) is 0. The predicted octanol–water partition coefficient (Wildman–Crippen LogP) is 3.78. The number of rotatable bonds is 4. The Labute approximate surface area is 144 Å². The number of benzene rings is 1. The molecule has 0 unspecified atom stereocenters. The molecule has 1 saturated heterocycles. The lowest BCUT2D eigenvalue weighted by Crippen LogP contribution is -2.42. The van der Waals surface area contributed by atoms with Gasteiger partial charge in [0.1, 0.15) is 5.54 Å². The van der Waals surface area contributed by atoms with Gasteiger partial charge in [0.25, 0.3) is 0 Å². The van der Waals surface area contributed by atoms with E-state index in [2.05, 4.69) is 57.1 Å². The van der Waals surface area contributed by atoms with Crippen molar-refractivity contribution in [1.82, 2.24) is 0 Å². The second-order valence-corrected chi connectivity index (χ2v) is 8.83. The third-order valence-electron chi connectivity index (χ3n) is 6.65. The first-order chi connectivity index (χ1) is 11.3. The van der Waals surface area contributed by atoms with Crippen molar-refractivity contribution in [3.8, 4) is 0 Å². The van der Waals surface area contributed by atoms with E-state index in [1.165, 1.54) is 18.4 Å². The summed E-state index contributed by atoms with van der Waals surface area (Å²) < 4.78 is 12.2. The molecule has 0 aromatic heterocycles. The Morgan fingerprint density at radius 1 is 1.00 bits per heavy atom. The molecule has 4 rings (SSSR count). The zero-order chi connectivity index (χ0) is 17.2. The van der Waals surface area contributed by atoms with Crippen molar-refractivity contribution in [2.24, 2.45) is 11.1 Å². The van der Waals surface area contributed by atoms with Crippen LogP contribution in [0.2, 0.25) is 0 Å². The van der Waals surface area contributed by atoms with E-state index >= 15 is 0 Å². The third-order valence-corrected chi connectivity index (χ3v) is 6.65. The van der Waals surface area contributed by atoms with Crippen molar-refractivity contribution in [3.63, 3.8) is 0 Å². The first-order valence-electron chi connectivity index (χ1n) is 9.06. The maximum absolute atomic E-state index is 11.2. The van der Waals surface area contributed by atoms with Gasteiger partial charge in [0, 0.05) is 0 Å². The molecule has 1 heterocycles. The van der Waals surface area contributed by atoms with Gasteiger partial charge in [0.2, 0.25) is 0 Å². The summed E-state index contributed by atoms with van der Waals surface area (Å²) in [5.74, 6) is 1.02. The van der Waals surface area contributed by atoms with E-state index in [0.717, 1.165) is 18.3 Å². The standard InChI is InChI=1S/C19H26BNO3/c1-17(2)18(3,4)24-20(23-17)16-9-5-13(6-10-16)14-11-19(12-14,21-22)15-7-8-15/h5-6,9-10,14-15H,7-8,11-12H2,1-4H3. The summed E-state index contributed by atoms with van der Waals surface area (Å²) in [6.07, 6.45) is 4.19. The van der Waals surface area contributed by atoms with Gasteiger partial charge in [-0.05, 0) is 76.2 Å². The number of nitroso groups, excluding NO2 is 1. The van der Waals surface area contributed by atoms with Crippen LogP contribution in [0.25, 0.3) is 0 Å². The summed E-state index contributed by atoms with van der Waals surface area (Å²) in [4.78, 5) is 11.2. The Kier molecular flexibility index (Phi) is 3.49. The van der Waals surface area contributed by atoms with Gasteiger partial charge in [0.05, 0.1) is 11.2 Å². The summed E-state index contributed by atoms with van der Waals surface area (Å²) in [7, 11) is -0.312. The van der Waals surface area contributed by atoms with Crippen LogP contribution in [-0.4, -0.2) is 23.9 Å². The van der Waals surface area contributed by atoms with Gasteiger partial charge in [-0.1, -0.05) is 29.4 Å². The minimum Gasteiger partial charge on any atom is -0.399 e. The molecule has 24 heavy (non-hydrogen) atoms. The Hall–Kier alpha value is -1.20. The summed E-state index contributed by atoms with van der Waals surface area (Å²) in [6.45, 7) is 8.28. The molecule has 0 spiro atoms. The molecule has 3 fully saturated rings. The zero-order valence-electron chi connectivity index (χ0n) is 15.0. The predicted molar refractivity (Wildman–Crippen MR) is 95.4 cm³/mol. The molecule has 0 N–H and O–H groups in total. The van der Waals surface area contributed by atoms with Crippen molar-refractivity contribution in [2.75, 3.05) is 0 Å². The molecule has 1 aliphatic heterocycles. The monoisotopic (exact) mass is 327 g/mol. The van der Waals surface area contributed by atoms with Gasteiger partial charge in [0.15, 0.2) is 0 Å². The van der Waals surface area contributed by atoms with Gasteiger partial charge in [-0.25, -0.2) is 0 Å². The van der Waals surface area contributed by atoms with E-state index < -0.39 is 0 Å². The first-order valence-corrected chi connectivity index (χ1v) is 9.06. The second-order valence-electron chi connectivity index (χ2n) is 8.83. The molecule has 2 aliphatic carbocycles. The van der Waals surface area contributed by atoms with E-state index in [-0.39, 0.29) is 23.9 Å². The second kappa shape index (κ2) is 5.15. The Balaban J connectivity index is 1.44. The van der Waals surface area contributed by atoms with Crippen LogP contribution in [0.5, 0.6) is 0 Å². The fourth-order valence-electron chi connectivity index (χ4n) is 4.04. The molecule has 0 amide bonds. The van der Waals surface area contributed by atoms with Gasteiger partial charge in [-0.2, -0.15) is 4.91 Å². The zero-order valence-corrected chi connectivity index (χ0v) is 15.0. The average Bonchev–Trinajstić information content (AvgIpc) is 3.28. The highest BCUT2D eigenvalue weighted by molar-refractivity contribution is 6.62. The Morgan fingerprint density at radius 3 is 2.00 bits per heavy atom. The van der Waals surface area contributed by atoms with Crippen LogP contribution in [0.4, 0.5) is 0 Å². The lowest BCUT2D eigenvalue weighted by molar-refractivity contribution is 0.00578. The first kappa shape index (κ1) is 16.3. The van der Waals surface area contributed by atoms with Crippen molar-refractivity contribution in [2.45, 2.75) is 76.0 Å². The maximum atomic E-state index is 11.2. The van der Waals surface area contributed by atoms with Crippen molar-refractivity contribution >= 4 is 12.6 Å². The van der Waals surface area contributed by atoms with Crippen LogP contribution in [0.3, 0.4) is 0 Å². The van der Waals surface area contributed by atoms with Gasteiger partial charge in [-0.15, -0.1) is 0 Å². The lowest BCUT2D eigenvalue weighted by atomic mass is 9.63. The average molecular weight is 327 g/mol. The molecule has 0 atom stereocenters. The number of nitrogens with zero attached hydrogens (tertiary/aromatic N) is 1. The fourth-order valence-corrected chi connectivity index (χ4v) is 4.04. The lowest BCUT2D eigenvalue weighted by Gasteiger charge is -2.43. The highest BCUT2D eigenvalue weighted by Gasteiger charge is 2.56. The van der Waals surface area contributed by atoms with Crippen LogP contribution < -0.4 is 5.46 Å². The quantitative estimate of drug-likeness (QED) is 0.625. The summed E-state index contributed by atoms with van der Waals surface area (Å²) in [6, 6.07) is 8.52. The Morgan fingerprint density at radius 2 is 1.54 bits per heavy atom. The van der Waals surface area contributed by atoms with E-state index in [4.69, 9.17) is 9.31 Å². The molecule has 5 heteroatoms. The van der Waals surface area contributed by atoms with Crippen molar-refractivity contribution in [3.05, 3.63) is 34.7 Å². The SMILES string of the molecule is CC1(C)OB(c2ccc(C3CC(N=O)(C4CC4)C3)cc2)OC1(C)C. The van der Waals surface area contributed by atoms with Crippen LogP contribution in [0.15, 0.2) is 29.4 Å². The van der Waals surface area contributed by atoms with Crippen LogP contribution in [-0.2, 0) is 9.31 Å². The molecular formula is C19H26BNO3. The van der Waals surface area contributed by atoms with E-state index in [1.807, 2.05) is 0 Å². The van der Waals surface area contributed by atoms with Gasteiger partial charge < -0.3 is 9.31 Å². The maximum Gasteiger partial charge on any atom is 0.494 e. The Bertz CT molecular complexity index is 629. The molecule has 3 aliphatic rings. The molecular weight excluding hydrogens is 301 g/mol. The van der Waals surface area contributed by atoms with E-state index in [1.54, 1.807) is 0 Å². The third kappa shape index (κ3) is 2.44. The smallest absolute Gasteiger partial charge is 0.399 e. The van der Waals surface area contributed by atoms with Crippen LogP contribution >= 0.6 is 0 Å². The fraction of sp³-hybridized carbons (Fsp3) is 0.684. The highest BCUT2D eigenvalue weighted by atomic mass is 16.7. The van der Waals surface area contributed by atoms with E-state index in [0.29, 0.717) is 11.8 Å². The molecule has 128 valence electrons. The van der Waals surface area contributed by atoms with Gasteiger partial charge in [-0.3, -0.25) is 0 Å².